The summed E-state index contributed by atoms with van der Waals surface area (Å²) < 4.78 is 19.8. The molecule has 1 N–H and O–H groups in total. The maximum Gasteiger partial charge on any atom is 0.338 e. The van der Waals surface area contributed by atoms with Crippen LogP contribution < -0.4 is 5.32 Å². The van der Waals surface area contributed by atoms with Crippen LogP contribution in [-0.4, -0.2) is 33.8 Å². The third kappa shape index (κ3) is 3.30. The highest BCUT2D eigenvalue weighted by atomic mass is 19.1. The van der Waals surface area contributed by atoms with Crippen molar-refractivity contribution in [1.82, 2.24) is 20.1 Å². The molecule has 0 saturated heterocycles. The van der Waals surface area contributed by atoms with Gasteiger partial charge >= 0.3 is 5.97 Å². The molecule has 0 bridgehead atoms. The Morgan fingerprint density at radius 3 is 2.50 bits per heavy atom. The second-order valence-corrected chi connectivity index (χ2v) is 7.73. The summed E-state index contributed by atoms with van der Waals surface area (Å²) in [5.41, 5.74) is 2.21. The molecular weight excluding hydrogens is 411 g/mol. The fourth-order valence-corrected chi connectivity index (χ4v) is 3.97. The zero-order valence-electron chi connectivity index (χ0n) is 17.2. The summed E-state index contributed by atoms with van der Waals surface area (Å²) in [5.74, 6) is -1.09. The van der Waals surface area contributed by atoms with Crippen molar-refractivity contribution in [3.05, 3.63) is 89.6 Å². The Balaban J connectivity index is 1.49. The molecule has 1 aliphatic rings. The number of benzene rings is 2. The quantitative estimate of drug-likeness (QED) is 0.487. The van der Waals surface area contributed by atoms with Crippen molar-refractivity contribution in [3.63, 3.8) is 0 Å². The van der Waals surface area contributed by atoms with Crippen molar-refractivity contribution in [3.8, 4) is 5.69 Å². The third-order valence-corrected chi connectivity index (χ3v) is 5.76. The fourth-order valence-electron chi connectivity index (χ4n) is 3.97. The van der Waals surface area contributed by atoms with E-state index in [0.717, 1.165) is 5.56 Å². The van der Waals surface area contributed by atoms with E-state index in [1.54, 1.807) is 41.3 Å². The second-order valence-electron chi connectivity index (χ2n) is 7.73. The van der Waals surface area contributed by atoms with E-state index in [1.807, 2.05) is 12.1 Å². The first kappa shape index (κ1) is 19.9. The highest BCUT2D eigenvalue weighted by Crippen LogP contribution is 2.47. The van der Waals surface area contributed by atoms with Crippen LogP contribution in [0.3, 0.4) is 0 Å². The number of carbonyl (C=O) groups excluding carboxylic acids is 2. The van der Waals surface area contributed by atoms with Crippen molar-refractivity contribution in [2.24, 2.45) is 0 Å². The Labute approximate surface area is 182 Å². The van der Waals surface area contributed by atoms with E-state index in [2.05, 4.69) is 15.4 Å². The minimum Gasteiger partial charge on any atom is -0.465 e. The fraction of sp³-hybridized carbons (Fsp3) is 0.167. The third-order valence-electron chi connectivity index (χ3n) is 5.76. The van der Waals surface area contributed by atoms with E-state index < -0.39 is 11.5 Å². The van der Waals surface area contributed by atoms with E-state index >= 15 is 0 Å². The predicted octanol–water partition coefficient (Wildman–Crippen LogP) is 3.77. The summed E-state index contributed by atoms with van der Waals surface area (Å²) in [5, 5.41) is 8.09. The van der Waals surface area contributed by atoms with Gasteiger partial charge in [-0.25, -0.2) is 13.9 Å². The summed E-state index contributed by atoms with van der Waals surface area (Å²) in [7, 11) is 1.34. The number of pyridine rings is 1. The number of rotatable bonds is 5. The van der Waals surface area contributed by atoms with E-state index in [9.17, 15) is 14.0 Å². The number of nitrogens with one attached hydrogen (secondary N) is 1. The van der Waals surface area contributed by atoms with Crippen molar-refractivity contribution in [2.45, 2.75) is 18.4 Å². The number of hydrogen-bond acceptors (Lipinski definition) is 5. The van der Waals surface area contributed by atoms with E-state index in [0.29, 0.717) is 40.6 Å². The van der Waals surface area contributed by atoms with E-state index in [1.165, 1.54) is 25.4 Å². The number of methoxy groups -OCH3 is 1. The smallest absolute Gasteiger partial charge is 0.338 e. The van der Waals surface area contributed by atoms with Crippen molar-refractivity contribution < 1.29 is 18.7 Å². The highest BCUT2D eigenvalue weighted by Gasteiger charge is 2.48. The molecule has 0 atom stereocenters. The lowest BCUT2D eigenvalue weighted by Crippen LogP contribution is -2.36. The molecule has 5 rings (SSSR count). The number of nitrogens with zero attached hydrogens (tertiary/aromatic N) is 3. The van der Waals surface area contributed by atoms with Crippen LogP contribution in [-0.2, 0) is 10.3 Å². The molecule has 2 aromatic carbocycles. The van der Waals surface area contributed by atoms with Gasteiger partial charge in [0, 0.05) is 11.6 Å². The normalized spacial score (nSPS) is 14.2. The molecule has 0 aliphatic heterocycles. The number of amides is 1. The Morgan fingerprint density at radius 1 is 1.03 bits per heavy atom. The monoisotopic (exact) mass is 430 g/mol. The molecule has 0 unspecified atom stereocenters. The summed E-state index contributed by atoms with van der Waals surface area (Å²) in [4.78, 5) is 29.7. The lowest BCUT2D eigenvalue weighted by atomic mass is 9.97. The Morgan fingerprint density at radius 2 is 1.78 bits per heavy atom. The van der Waals surface area contributed by atoms with E-state index in [4.69, 9.17) is 4.74 Å². The van der Waals surface area contributed by atoms with Crippen LogP contribution in [0.25, 0.3) is 16.6 Å². The summed E-state index contributed by atoms with van der Waals surface area (Å²) in [6, 6.07) is 13.1. The maximum absolute atomic E-state index is 13.3. The zero-order valence-corrected chi connectivity index (χ0v) is 17.2. The number of fused-ring (bicyclic) bond motifs is 1. The van der Waals surface area contributed by atoms with Gasteiger partial charge in [0.15, 0.2) is 0 Å². The SMILES string of the molecule is COC(=O)c1ccccc1C1(NC(=O)c2cncc3c2cnn3-c2ccc(F)cc2)CC1. The first-order valence-corrected chi connectivity index (χ1v) is 10.1. The Kier molecular flexibility index (Phi) is 4.70. The molecule has 2 heterocycles. The van der Waals surface area contributed by atoms with Crippen LogP contribution in [0.1, 0.15) is 39.1 Å². The van der Waals surface area contributed by atoms with Gasteiger partial charge in [0.1, 0.15) is 5.82 Å². The maximum atomic E-state index is 13.3. The van der Waals surface area contributed by atoms with Gasteiger partial charge in [-0.3, -0.25) is 9.78 Å². The molecule has 4 aromatic rings. The standard InChI is InChI=1S/C24H19FN4O3/c1-32-23(31)17-4-2-3-5-20(17)24(10-11-24)28-22(30)19-12-26-14-21-18(19)13-27-29(21)16-8-6-15(25)7-9-16/h2-9,12-14H,10-11H2,1H3,(H,28,30). The van der Waals surface area contributed by atoms with Crippen molar-refractivity contribution in [1.29, 1.82) is 0 Å². The highest BCUT2D eigenvalue weighted by molar-refractivity contribution is 6.06. The molecule has 8 heteroatoms. The van der Waals surface area contributed by atoms with Crippen molar-refractivity contribution >= 4 is 22.8 Å². The van der Waals surface area contributed by atoms with Crippen LogP contribution in [0.4, 0.5) is 4.39 Å². The lowest BCUT2D eigenvalue weighted by Gasteiger charge is -2.20. The average molecular weight is 430 g/mol. The molecule has 2 aromatic heterocycles. The van der Waals surface area contributed by atoms with Gasteiger partial charge in [0.25, 0.3) is 5.91 Å². The first-order chi connectivity index (χ1) is 15.5. The number of ether oxygens (including phenoxy) is 1. The largest absolute Gasteiger partial charge is 0.465 e. The minimum atomic E-state index is -0.628. The van der Waals surface area contributed by atoms with Gasteiger partial charge in [-0.05, 0) is 48.7 Å². The molecule has 32 heavy (non-hydrogen) atoms. The number of aromatic nitrogens is 3. The topological polar surface area (TPSA) is 86.1 Å². The zero-order chi connectivity index (χ0) is 22.3. The number of carbonyl (C=O) groups is 2. The van der Waals surface area contributed by atoms with Gasteiger partial charge in [0.05, 0.1) is 47.4 Å². The Hall–Kier alpha value is -4.07. The van der Waals surface area contributed by atoms with Gasteiger partial charge in [-0.1, -0.05) is 18.2 Å². The van der Waals surface area contributed by atoms with Crippen LogP contribution in [0.5, 0.6) is 0 Å². The summed E-state index contributed by atoms with van der Waals surface area (Å²) >= 11 is 0. The number of esters is 1. The first-order valence-electron chi connectivity index (χ1n) is 10.1. The predicted molar refractivity (Wildman–Crippen MR) is 115 cm³/mol. The van der Waals surface area contributed by atoms with Crippen molar-refractivity contribution in [2.75, 3.05) is 7.11 Å². The molecule has 1 fully saturated rings. The van der Waals surface area contributed by atoms with Gasteiger partial charge in [-0.2, -0.15) is 5.10 Å². The van der Waals surface area contributed by atoms with Crippen LogP contribution >= 0.6 is 0 Å². The molecule has 160 valence electrons. The van der Waals surface area contributed by atoms with Gasteiger partial charge < -0.3 is 10.1 Å². The number of hydrogen-bond donors (Lipinski definition) is 1. The second kappa shape index (κ2) is 7.56. The average Bonchev–Trinajstić information content (AvgIpc) is 3.47. The summed E-state index contributed by atoms with van der Waals surface area (Å²) in [6.07, 6.45) is 6.13. The minimum absolute atomic E-state index is 0.307. The molecule has 1 amide bonds. The van der Waals surface area contributed by atoms with Gasteiger partial charge in [-0.15, -0.1) is 0 Å². The van der Waals surface area contributed by atoms with Crippen LogP contribution in [0, 0.1) is 5.82 Å². The van der Waals surface area contributed by atoms with Crippen LogP contribution in [0.15, 0.2) is 67.1 Å². The summed E-state index contributed by atoms with van der Waals surface area (Å²) in [6.45, 7) is 0. The van der Waals surface area contributed by atoms with Crippen LogP contribution in [0.2, 0.25) is 0 Å². The molecule has 1 aliphatic carbocycles. The van der Waals surface area contributed by atoms with E-state index in [-0.39, 0.29) is 11.7 Å². The Bertz CT molecular complexity index is 1340. The molecule has 7 nitrogen and oxygen atoms in total. The molecule has 1 saturated carbocycles. The lowest BCUT2D eigenvalue weighted by molar-refractivity contribution is 0.0597. The molecular formula is C24H19FN4O3. The molecule has 0 radical (unpaired) electrons. The molecule has 0 spiro atoms. The van der Waals surface area contributed by atoms with Gasteiger partial charge in [0.2, 0.25) is 0 Å². The number of halogens is 1.